The van der Waals surface area contributed by atoms with Crippen LogP contribution in [0.1, 0.15) is 45.4 Å². The number of hydrogen-bond donors (Lipinski definition) is 0. The Kier molecular flexibility index (Phi) is 4.15. The third kappa shape index (κ3) is 2.83. The molecule has 3 saturated heterocycles. The summed E-state index contributed by atoms with van der Waals surface area (Å²) in [6, 6.07) is 0. The summed E-state index contributed by atoms with van der Waals surface area (Å²) in [6.07, 6.45) is 12.2. The molecule has 2 heteroatoms. The zero-order valence-electron chi connectivity index (χ0n) is 13.5. The van der Waals surface area contributed by atoms with Crippen LogP contribution in [-0.2, 0) is 0 Å². The van der Waals surface area contributed by atoms with Crippen molar-refractivity contribution in [3.8, 4) is 0 Å². The van der Waals surface area contributed by atoms with E-state index < -0.39 is 18.4 Å². The van der Waals surface area contributed by atoms with Crippen molar-refractivity contribution in [1.29, 1.82) is 0 Å². The maximum atomic E-state index is 2.66. The van der Waals surface area contributed by atoms with Crippen molar-refractivity contribution >= 4 is 25.1 Å². The standard InChI is InChI=1S/C14H22B.3CH3.Sn/c1-2-3-4-14-13-6-5-11-7-12(8-13)10-15(14)9-11;;;;/h11-13H,2-3,5-10H2,1H3;3*1H3;/t11-,12-,13+;;;;/m1..../s1. The summed E-state index contributed by atoms with van der Waals surface area (Å²) in [7, 11) is 0. The Labute approximate surface area is 124 Å². The Balaban J connectivity index is 2.01. The van der Waals surface area contributed by atoms with E-state index in [1.165, 1.54) is 12.8 Å². The van der Waals surface area contributed by atoms with Crippen molar-refractivity contribution in [2.45, 2.75) is 72.9 Å². The molecule has 0 spiro atoms. The van der Waals surface area contributed by atoms with Crippen LogP contribution in [0.25, 0.3) is 0 Å². The zero-order valence-corrected chi connectivity index (χ0v) is 16.3. The predicted molar refractivity (Wildman–Crippen MR) is 89.6 cm³/mol. The molecule has 1 aliphatic carbocycles. The van der Waals surface area contributed by atoms with E-state index in [1.807, 2.05) is 0 Å². The van der Waals surface area contributed by atoms with Gasteiger partial charge in [-0.25, -0.2) is 0 Å². The molecule has 3 atom stereocenters. The fourth-order valence-corrected chi connectivity index (χ4v) is 12.0. The van der Waals surface area contributed by atoms with E-state index in [0.29, 0.717) is 0 Å². The second-order valence-corrected chi connectivity index (χ2v) is 23.1. The van der Waals surface area contributed by atoms with Crippen molar-refractivity contribution in [2.24, 2.45) is 17.8 Å². The summed E-state index contributed by atoms with van der Waals surface area (Å²) in [5.41, 5.74) is 2.06. The second kappa shape index (κ2) is 5.42. The van der Waals surface area contributed by atoms with Crippen LogP contribution in [-0.4, -0.2) is 25.1 Å². The van der Waals surface area contributed by atoms with Gasteiger partial charge in [-0.1, -0.05) is 0 Å². The molecule has 0 amide bonds. The molecule has 0 unspecified atom stereocenters. The maximum absolute atomic E-state index is 2.66. The topological polar surface area (TPSA) is 0 Å². The van der Waals surface area contributed by atoms with Gasteiger partial charge in [-0.05, 0) is 0 Å². The van der Waals surface area contributed by atoms with Gasteiger partial charge >= 0.3 is 125 Å². The van der Waals surface area contributed by atoms with Crippen molar-refractivity contribution in [3.05, 3.63) is 9.06 Å². The van der Waals surface area contributed by atoms with Gasteiger partial charge in [0.2, 0.25) is 0 Å². The average Bonchev–Trinajstić information content (AvgIpc) is 2.53. The normalized spacial score (nSPS) is 36.6. The monoisotopic (exact) mass is 366 g/mol. The van der Waals surface area contributed by atoms with Crippen LogP contribution in [0.4, 0.5) is 0 Å². The van der Waals surface area contributed by atoms with Gasteiger partial charge in [-0.3, -0.25) is 0 Å². The first-order chi connectivity index (χ1) is 8.99. The minimum absolute atomic E-state index is 1.02. The fourth-order valence-electron chi connectivity index (χ4n) is 5.51. The van der Waals surface area contributed by atoms with Crippen LogP contribution >= 0.6 is 0 Å². The molecule has 3 heterocycles. The zero-order chi connectivity index (χ0) is 13.6. The third-order valence-corrected chi connectivity index (χ3v) is 12.8. The molecule has 0 N–H and O–H groups in total. The van der Waals surface area contributed by atoms with Gasteiger partial charge in [-0.15, -0.1) is 0 Å². The number of hydrogen-bond acceptors (Lipinski definition) is 0. The fraction of sp³-hybridized carbons (Fsp3) is 0.882. The summed E-state index contributed by atoms with van der Waals surface area (Å²) in [5, 5.41) is 0. The van der Waals surface area contributed by atoms with Gasteiger partial charge in [0.15, 0.2) is 0 Å². The number of rotatable bonds is 3. The van der Waals surface area contributed by atoms with Crippen LogP contribution < -0.4 is 0 Å². The molecule has 106 valence electrons. The van der Waals surface area contributed by atoms with Gasteiger partial charge in [0.25, 0.3) is 0 Å². The Morgan fingerprint density at radius 2 is 1.84 bits per heavy atom. The number of fused-ring (bicyclic) bond motifs is 1. The first-order valence-corrected chi connectivity index (χ1v) is 18.7. The second-order valence-electron chi connectivity index (χ2n) is 8.58. The molecule has 4 fully saturated rings. The third-order valence-electron chi connectivity index (χ3n) is 6.08. The van der Waals surface area contributed by atoms with Crippen molar-refractivity contribution in [1.82, 2.24) is 0 Å². The summed E-state index contributed by atoms with van der Waals surface area (Å²) in [5.74, 6) is 3.23. The van der Waals surface area contributed by atoms with E-state index in [9.17, 15) is 0 Å². The minimum atomic E-state index is -1.88. The summed E-state index contributed by atoms with van der Waals surface area (Å²) >= 11 is -1.88. The van der Waals surface area contributed by atoms with E-state index in [1.54, 1.807) is 38.3 Å². The van der Waals surface area contributed by atoms with E-state index >= 15 is 0 Å². The van der Waals surface area contributed by atoms with Crippen molar-refractivity contribution in [2.75, 3.05) is 0 Å². The van der Waals surface area contributed by atoms with Gasteiger partial charge < -0.3 is 0 Å². The molecular formula is C17H31BSn. The molecule has 3 aliphatic heterocycles. The molecule has 0 nitrogen and oxygen atoms in total. The van der Waals surface area contributed by atoms with Gasteiger partial charge in [0.1, 0.15) is 0 Å². The molecule has 0 radical (unpaired) electrons. The summed E-state index contributed by atoms with van der Waals surface area (Å²) < 4.78 is 2.06. The molecule has 1 saturated carbocycles. The Morgan fingerprint density at radius 1 is 1.11 bits per heavy atom. The molecule has 4 bridgehead atoms. The SMILES string of the molecule is CCC/[C](=C1\B2C[C@@H]3C[C@@H](CC[C@H]1C3)C2)[Sn]([CH3])([CH3])[CH3]. The first kappa shape index (κ1) is 14.5. The van der Waals surface area contributed by atoms with Crippen LogP contribution in [0.2, 0.25) is 27.5 Å². The average molecular weight is 365 g/mol. The van der Waals surface area contributed by atoms with Crippen molar-refractivity contribution in [3.63, 3.8) is 0 Å². The van der Waals surface area contributed by atoms with Crippen molar-refractivity contribution < 1.29 is 0 Å². The molecule has 4 aliphatic rings. The quantitative estimate of drug-likeness (QED) is 0.584. The van der Waals surface area contributed by atoms with Crippen LogP contribution in [0, 0.1) is 17.8 Å². The molecule has 19 heavy (non-hydrogen) atoms. The van der Waals surface area contributed by atoms with Crippen LogP contribution in [0.15, 0.2) is 9.06 Å². The Morgan fingerprint density at radius 3 is 2.53 bits per heavy atom. The van der Waals surface area contributed by atoms with Crippen LogP contribution in [0.5, 0.6) is 0 Å². The molecule has 0 aromatic carbocycles. The first-order valence-electron chi connectivity index (χ1n) is 8.72. The molecule has 0 aromatic heterocycles. The van der Waals surface area contributed by atoms with E-state index in [0.717, 1.165) is 24.5 Å². The van der Waals surface area contributed by atoms with E-state index in [-0.39, 0.29) is 0 Å². The van der Waals surface area contributed by atoms with Gasteiger partial charge in [-0.2, -0.15) is 0 Å². The summed E-state index contributed by atoms with van der Waals surface area (Å²) in [6.45, 7) is 3.42. The van der Waals surface area contributed by atoms with Crippen LogP contribution in [0.3, 0.4) is 0 Å². The van der Waals surface area contributed by atoms with E-state index in [4.69, 9.17) is 0 Å². The molecule has 0 aromatic rings. The Bertz CT molecular complexity index is 369. The molecule has 4 rings (SSSR count). The van der Waals surface area contributed by atoms with Gasteiger partial charge in [0.05, 0.1) is 0 Å². The van der Waals surface area contributed by atoms with Gasteiger partial charge in [0, 0.05) is 0 Å². The summed E-state index contributed by atoms with van der Waals surface area (Å²) in [4.78, 5) is 7.98. The predicted octanol–water partition coefficient (Wildman–Crippen LogP) is 5.44. The molecular weight excluding hydrogens is 334 g/mol. The number of allylic oxidation sites excluding steroid dienone is 2. The van der Waals surface area contributed by atoms with E-state index in [2.05, 4.69) is 30.8 Å². The Hall–Kier alpha value is 0.604.